The maximum absolute atomic E-state index is 13.8. The number of nitrogens with zero attached hydrogens (tertiary/aromatic N) is 2. The lowest BCUT2D eigenvalue weighted by Crippen LogP contribution is -2.43. The normalized spacial score (nSPS) is 21.1. The molecule has 0 radical (unpaired) electrons. The molecule has 0 aromatic heterocycles. The van der Waals surface area contributed by atoms with Crippen molar-refractivity contribution < 1.29 is 24.2 Å². The summed E-state index contributed by atoms with van der Waals surface area (Å²) in [6.45, 7) is 2.21. The highest BCUT2D eigenvalue weighted by Crippen LogP contribution is 2.47. The van der Waals surface area contributed by atoms with Crippen molar-refractivity contribution in [1.29, 1.82) is 0 Å². The van der Waals surface area contributed by atoms with E-state index in [4.69, 9.17) is 14.5 Å². The van der Waals surface area contributed by atoms with E-state index >= 15 is 0 Å². The number of aromatic hydroxyl groups is 1. The van der Waals surface area contributed by atoms with E-state index in [0.717, 1.165) is 23.4 Å². The van der Waals surface area contributed by atoms with Gasteiger partial charge in [0.15, 0.2) is 11.5 Å². The number of carbonyl (C=O) groups excluding carboxylic acids is 2. The molecule has 1 fully saturated rings. The zero-order valence-corrected chi connectivity index (χ0v) is 20.3. The third-order valence-electron chi connectivity index (χ3n) is 6.97. The molecule has 3 unspecified atom stereocenters. The third-order valence-corrected chi connectivity index (χ3v) is 6.97. The fourth-order valence-electron chi connectivity index (χ4n) is 5.30. The fourth-order valence-corrected chi connectivity index (χ4v) is 5.30. The number of anilines is 1. The number of methoxy groups -OCH3 is 1. The monoisotopic (exact) mass is 484 g/mol. The summed E-state index contributed by atoms with van der Waals surface area (Å²) in [5.41, 5.74) is 3.79. The number of phenols is 1. The van der Waals surface area contributed by atoms with E-state index in [9.17, 15) is 14.7 Å². The lowest BCUT2D eigenvalue weighted by Gasteiger charge is -2.37. The highest BCUT2D eigenvalue weighted by molar-refractivity contribution is 6.12. The number of phenolic OH excluding ortho intramolecular Hbond substituents is 1. The van der Waals surface area contributed by atoms with Crippen molar-refractivity contribution in [2.75, 3.05) is 18.6 Å². The van der Waals surface area contributed by atoms with Crippen LogP contribution >= 0.6 is 0 Å². The molecule has 1 aliphatic heterocycles. The van der Waals surface area contributed by atoms with Crippen molar-refractivity contribution >= 4 is 29.3 Å². The smallest absolute Gasteiger partial charge is 0.214 e. The van der Waals surface area contributed by atoms with Crippen molar-refractivity contribution in [3.05, 3.63) is 77.9 Å². The second-order valence-electron chi connectivity index (χ2n) is 9.03. The maximum Gasteiger partial charge on any atom is 0.214 e. The number of hydrogen-bond acceptors (Lipinski definition) is 6. The van der Waals surface area contributed by atoms with Gasteiger partial charge in [0.25, 0.3) is 0 Å². The maximum atomic E-state index is 13.8. The number of para-hydroxylation sites is 2. The number of benzene rings is 3. The van der Waals surface area contributed by atoms with Crippen LogP contribution in [0.15, 0.2) is 71.7 Å². The Hall–Kier alpha value is -4.13. The first-order chi connectivity index (χ1) is 17.5. The van der Waals surface area contributed by atoms with Crippen LogP contribution < -0.4 is 14.4 Å². The minimum absolute atomic E-state index is 0.00991. The first kappa shape index (κ1) is 23.6. The summed E-state index contributed by atoms with van der Waals surface area (Å²) in [6, 6.07) is 19.6. The minimum atomic E-state index is -0.617. The molecule has 1 N–H and O–H groups in total. The average molecular weight is 485 g/mol. The lowest BCUT2D eigenvalue weighted by atomic mass is 9.72. The molecule has 2 aliphatic rings. The van der Waals surface area contributed by atoms with Gasteiger partial charge < -0.3 is 19.5 Å². The van der Waals surface area contributed by atoms with Gasteiger partial charge >= 0.3 is 0 Å². The molecule has 3 aromatic rings. The zero-order valence-electron chi connectivity index (χ0n) is 20.3. The van der Waals surface area contributed by atoms with Gasteiger partial charge in [0.2, 0.25) is 6.41 Å². The second kappa shape index (κ2) is 9.85. The predicted octanol–water partition coefficient (Wildman–Crippen LogP) is 5.35. The number of rotatable bonds is 6. The third kappa shape index (κ3) is 4.21. The van der Waals surface area contributed by atoms with Gasteiger partial charge in [-0.1, -0.05) is 30.3 Å². The van der Waals surface area contributed by atoms with Crippen molar-refractivity contribution in [1.82, 2.24) is 0 Å². The molecule has 0 saturated heterocycles. The Morgan fingerprint density at radius 1 is 1.06 bits per heavy atom. The molecule has 7 nitrogen and oxygen atoms in total. The van der Waals surface area contributed by atoms with Crippen LogP contribution in [0.25, 0.3) is 0 Å². The number of fused-ring (bicyclic) bond motifs is 2. The average Bonchev–Trinajstić information content (AvgIpc) is 3.04. The van der Waals surface area contributed by atoms with Crippen LogP contribution in [0.1, 0.15) is 42.9 Å². The molecule has 1 heterocycles. The number of ketones is 1. The molecule has 3 atom stereocenters. The molecule has 5 rings (SSSR count). The minimum Gasteiger partial charge on any atom is -0.504 e. The molecule has 7 heteroatoms. The van der Waals surface area contributed by atoms with E-state index in [1.165, 1.54) is 0 Å². The zero-order chi connectivity index (χ0) is 25.2. The molecule has 1 amide bonds. The van der Waals surface area contributed by atoms with Crippen molar-refractivity contribution in [2.24, 2.45) is 10.9 Å². The fraction of sp³-hybridized carbons (Fsp3) is 0.276. The van der Waals surface area contributed by atoms with Crippen molar-refractivity contribution in [2.45, 2.75) is 31.7 Å². The van der Waals surface area contributed by atoms with Gasteiger partial charge in [0.05, 0.1) is 37.1 Å². The molecule has 1 saturated carbocycles. The topological polar surface area (TPSA) is 88.4 Å². The summed E-state index contributed by atoms with van der Waals surface area (Å²) in [7, 11) is 1.63. The van der Waals surface area contributed by atoms with Crippen molar-refractivity contribution in [3.63, 3.8) is 0 Å². The van der Waals surface area contributed by atoms with Gasteiger partial charge in [-0.15, -0.1) is 0 Å². The standard InChI is InChI=1S/C29H28N2O5/c1-3-36-27-16-19(10-13-25(27)33)29-28-23(30-22-6-4-5-7-24(22)31(29)17-32)14-20(15-26(28)34)18-8-11-21(35-2)12-9-18/h4-13,16-17,20,28-29,33H,3,14-15H2,1-2H3. The Balaban J connectivity index is 1.62. The molecular formula is C29H28N2O5. The van der Waals surface area contributed by atoms with Gasteiger partial charge in [-0.25, -0.2) is 0 Å². The second-order valence-corrected chi connectivity index (χ2v) is 9.03. The first-order valence-corrected chi connectivity index (χ1v) is 12.1. The highest BCUT2D eigenvalue weighted by Gasteiger charge is 2.44. The number of amides is 1. The molecule has 3 aromatic carbocycles. The summed E-state index contributed by atoms with van der Waals surface area (Å²) >= 11 is 0. The van der Waals surface area contributed by atoms with Crippen LogP contribution in [0.3, 0.4) is 0 Å². The number of aliphatic imine (C=N–C) groups is 1. The molecule has 1 aliphatic carbocycles. The largest absolute Gasteiger partial charge is 0.504 e. The van der Waals surface area contributed by atoms with E-state index in [2.05, 4.69) is 0 Å². The molecule has 36 heavy (non-hydrogen) atoms. The van der Waals surface area contributed by atoms with Gasteiger partial charge in [-0.3, -0.25) is 14.6 Å². The van der Waals surface area contributed by atoms with Crippen LogP contribution in [-0.4, -0.2) is 36.7 Å². The quantitative estimate of drug-likeness (QED) is 0.477. The predicted molar refractivity (Wildman–Crippen MR) is 138 cm³/mol. The SMILES string of the molecule is CCOc1cc(C2C3C(=O)CC(c4ccc(OC)cc4)CC3=Nc3ccccc3N2C=O)ccc1O. The highest BCUT2D eigenvalue weighted by atomic mass is 16.5. The van der Waals surface area contributed by atoms with Crippen LogP contribution in [0.4, 0.5) is 11.4 Å². The van der Waals surface area contributed by atoms with E-state index in [1.54, 1.807) is 30.2 Å². The van der Waals surface area contributed by atoms with Crippen molar-refractivity contribution in [3.8, 4) is 17.2 Å². The van der Waals surface area contributed by atoms with Gasteiger partial charge in [0, 0.05) is 12.1 Å². The van der Waals surface area contributed by atoms with Crippen LogP contribution in [0, 0.1) is 5.92 Å². The van der Waals surface area contributed by atoms with E-state index < -0.39 is 12.0 Å². The summed E-state index contributed by atoms with van der Waals surface area (Å²) in [5.74, 6) is 0.478. The molecule has 184 valence electrons. The Bertz CT molecular complexity index is 1320. The van der Waals surface area contributed by atoms with Crippen LogP contribution in [0.5, 0.6) is 17.2 Å². The number of hydrogen-bond donors (Lipinski definition) is 1. The molecule has 0 spiro atoms. The summed E-state index contributed by atoms with van der Waals surface area (Å²) in [5, 5.41) is 10.3. The lowest BCUT2D eigenvalue weighted by molar-refractivity contribution is -0.122. The summed E-state index contributed by atoms with van der Waals surface area (Å²) < 4.78 is 10.9. The number of Topliss-reactive ketones (excluding diaryl/α,β-unsaturated/α-hetero) is 1. The van der Waals surface area contributed by atoms with E-state index in [-0.39, 0.29) is 17.5 Å². The Labute approximate surface area is 210 Å². The van der Waals surface area contributed by atoms with Gasteiger partial charge in [0.1, 0.15) is 11.5 Å². The molecule has 0 bridgehead atoms. The van der Waals surface area contributed by atoms with Gasteiger partial charge in [-0.05, 0) is 66.8 Å². The Morgan fingerprint density at radius 3 is 2.53 bits per heavy atom. The first-order valence-electron chi connectivity index (χ1n) is 12.1. The molecular weight excluding hydrogens is 456 g/mol. The van der Waals surface area contributed by atoms with Gasteiger partial charge in [-0.2, -0.15) is 0 Å². The van der Waals surface area contributed by atoms with Crippen LogP contribution in [0.2, 0.25) is 0 Å². The summed E-state index contributed by atoms with van der Waals surface area (Å²) in [6.07, 6.45) is 1.70. The van der Waals surface area contributed by atoms with E-state index in [0.29, 0.717) is 42.1 Å². The number of carbonyl (C=O) groups is 2. The Kier molecular flexibility index (Phi) is 6.46. The van der Waals surface area contributed by atoms with Crippen LogP contribution in [-0.2, 0) is 9.59 Å². The Morgan fingerprint density at radius 2 is 1.81 bits per heavy atom. The van der Waals surface area contributed by atoms with E-state index in [1.807, 2.05) is 55.5 Å². The number of ether oxygens (including phenoxy) is 2. The summed E-state index contributed by atoms with van der Waals surface area (Å²) in [4.78, 5) is 32.9.